The molecule has 0 spiro atoms. The van der Waals surface area contributed by atoms with E-state index in [2.05, 4.69) is 0 Å². The minimum absolute atomic E-state index is 0.104. The Bertz CT molecular complexity index is 893. The highest BCUT2D eigenvalue weighted by Gasteiger charge is 2.54. The molecule has 144 valence electrons. The van der Waals surface area contributed by atoms with Gasteiger partial charge >= 0.3 is 0 Å². The Morgan fingerprint density at radius 1 is 0.857 bits per heavy atom. The number of rotatable bonds is 5. The fourth-order valence-corrected chi connectivity index (χ4v) is 6.46. The lowest BCUT2D eigenvalue weighted by Crippen LogP contribution is -2.50. The molecule has 4 aliphatic rings. The van der Waals surface area contributed by atoms with Crippen LogP contribution in [0, 0.1) is 23.2 Å². The standard InChI is InChI=1S/C25H26O3/c1-28-20-7-8-21(22(12-20)23(26)19-5-3-2-4-6-19)24(27)25-13-16-9-17(14-25)11-18(10-16)15-25/h2-8,12,16-18H,9-11,13-15H2,1H3. The van der Waals surface area contributed by atoms with Crippen LogP contribution in [0.1, 0.15) is 64.8 Å². The second kappa shape index (κ2) is 6.58. The van der Waals surface area contributed by atoms with Gasteiger partial charge in [0.25, 0.3) is 0 Å². The van der Waals surface area contributed by atoms with E-state index in [0.29, 0.717) is 40.2 Å². The second-order valence-electron chi connectivity index (χ2n) is 9.13. The number of carbonyl (C=O) groups is 2. The summed E-state index contributed by atoms with van der Waals surface area (Å²) in [5.41, 5.74) is 1.41. The van der Waals surface area contributed by atoms with Crippen molar-refractivity contribution in [2.24, 2.45) is 23.2 Å². The van der Waals surface area contributed by atoms with E-state index < -0.39 is 0 Å². The van der Waals surface area contributed by atoms with Crippen LogP contribution >= 0.6 is 0 Å². The molecule has 4 saturated carbocycles. The average Bonchev–Trinajstić information content (AvgIpc) is 2.72. The summed E-state index contributed by atoms with van der Waals surface area (Å²) in [7, 11) is 1.59. The monoisotopic (exact) mass is 374 g/mol. The first-order valence-corrected chi connectivity index (χ1v) is 10.4. The Morgan fingerprint density at radius 2 is 1.46 bits per heavy atom. The molecule has 0 unspecified atom stereocenters. The predicted molar refractivity (Wildman–Crippen MR) is 108 cm³/mol. The number of benzene rings is 2. The summed E-state index contributed by atoms with van der Waals surface area (Å²) in [4.78, 5) is 27.1. The molecule has 2 aromatic rings. The van der Waals surface area contributed by atoms with E-state index >= 15 is 0 Å². The Labute approximate surface area is 166 Å². The van der Waals surface area contributed by atoms with Crippen LogP contribution in [0.5, 0.6) is 5.75 Å². The van der Waals surface area contributed by atoms with Gasteiger partial charge in [-0.1, -0.05) is 30.3 Å². The number of ether oxygens (including phenoxy) is 1. The zero-order valence-corrected chi connectivity index (χ0v) is 16.3. The van der Waals surface area contributed by atoms with Gasteiger partial charge in [-0.05, 0) is 74.5 Å². The Morgan fingerprint density at radius 3 is 2.04 bits per heavy atom. The molecule has 2 aromatic carbocycles. The van der Waals surface area contributed by atoms with Gasteiger partial charge in [0.2, 0.25) is 0 Å². The van der Waals surface area contributed by atoms with Crippen molar-refractivity contribution >= 4 is 11.6 Å². The van der Waals surface area contributed by atoms with Crippen molar-refractivity contribution in [3.63, 3.8) is 0 Å². The van der Waals surface area contributed by atoms with Gasteiger partial charge in [0.1, 0.15) is 5.75 Å². The van der Waals surface area contributed by atoms with Gasteiger partial charge in [-0.3, -0.25) is 9.59 Å². The second-order valence-corrected chi connectivity index (χ2v) is 9.13. The lowest BCUT2D eigenvalue weighted by Gasteiger charge is -2.56. The minimum Gasteiger partial charge on any atom is -0.497 e. The number of carbonyl (C=O) groups excluding carboxylic acids is 2. The predicted octanol–water partition coefficient (Wildman–Crippen LogP) is 5.33. The minimum atomic E-state index is -0.255. The van der Waals surface area contributed by atoms with E-state index in [4.69, 9.17) is 4.74 Å². The van der Waals surface area contributed by atoms with E-state index in [1.54, 1.807) is 25.3 Å². The highest BCUT2D eigenvalue weighted by atomic mass is 16.5. The van der Waals surface area contributed by atoms with E-state index in [-0.39, 0.29) is 17.0 Å². The number of Topliss-reactive ketones (excluding diaryl/α,β-unsaturated/α-hetero) is 1. The lowest BCUT2D eigenvalue weighted by atomic mass is 9.48. The maximum Gasteiger partial charge on any atom is 0.193 e. The SMILES string of the molecule is COc1ccc(C(=O)C23CC4CC(CC(C4)C2)C3)c(C(=O)c2ccccc2)c1. The van der Waals surface area contributed by atoms with Gasteiger partial charge in [-0.25, -0.2) is 0 Å². The number of hydrogen-bond donors (Lipinski definition) is 0. The van der Waals surface area contributed by atoms with E-state index in [1.807, 2.05) is 30.3 Å². The zero-order chi connectivity index (χ0) is 19.3. The third-order valence-electron chi connectivity index (χ3n) is 7.27. The summed E-state index contributed by atoms with van der Waals surface area (Å²) in [6.07, 6.45) is 6.90. The van der Waals surface area contributed by atoms with Gasteiger partial charge < -0.3 is 4.74 Å². The van der Waals surface area contributed by atoms with Gasteiger partial charge in [0, 0.05) is 22.1 Å². The Balaban J connectivity index is 1.56. The van der Waals surface area contributed by atoms with Crippen molar-refractivity contribution in [1.82, 2.24) is 0 Å². The Kier molecular flexibility index (Phi) is 4.15. The molecule has 0 saturated heterocycles. The molecule has 0 atom stereocenters. The fraction of sp³-hybridized carbons (Fsp3) is 0.440. The van der Waals surface area contributed by atoms with E-state index in [9.17, 15) is 9.59 Å². The van der Waals surface area contributed by atoms with Crippen LogP contribution < -0.4 is 4.74 Å². The molecule has 4 aliphatic carbocycles. The lowest BCUT2D eigenvalue weighted by molar-refractivity contribution is -0.0353. The van der Waals surface area contributed by atoms with Crippen molar-refractivity contribution < 1.29 is 14.3 Å². The van der Waals surface area contributed by atoms with Gasteiger partial charge in [-0.15, -0.1) is 0 Å². The first-order chi connectivity index (χ1) is 13.6. The third kappa shape index (κ3) is 2.80. The topological polar surface area (TPSA) is 43.4 Å². The number of hydrogen-bond acceptors (Lipinski definition) is 3. The molecule has 0 radical (unpaired) electrons. The highest BCUT2D eigenvalue weighted by molar-refractivity contribution is 6.17. The molecular formula is C25H26O3. The summed E-state index contributed by atoms with van der Waals surface area (Å²) in [6, 6.07) is 14.6. The number of methoxy groups -OCH3 is 1. The average molecular weight is 374 g/mol. The highest BCUT2D eigenvalue weighted by Crippen LogP contribution is 2.61. The molecule has 3 heteroatoms. The van der Waals surface area contributed by atoms with Gasteiger partial charge in [0.15, 0.2) is 11.6 Å². The summed E-state index contributed by atoms with van der Waals surface area (Å²) >= 11 is 0. The third-order valence-corrected chi connectivity index (χ3v) is 7.27. The molecule has 6 rings (SSSR count). The van der Waals surface area contributed by atoms with E-state index in [0.717, 1.165) is 19.3 Å². The van der Waals surface area contributed by atoms with Crippen molar-refractivity contribution in [1.29, 1.82) is 0 Å². The molecular weight excluding hydrogens is 348 g/mol. The van der Waals surface area contributed by atoms with Gasteiger partial charge in [-0.2, -0.15) is 0 Å². The van der Waals surface area contributed by atoms with Crippen molar-refractivity contribution in [2.45, 2.75) is 38.5 Å². The van der Waals surface area contributed by atoms with Crippen LogP contribution in [0.25, 0.3) is 0 Å². The molecule has 4 bridgehead atoms. The molecule has 28 heavy (non-hydrogen) atoms. The molecule has 4 fully saturated rings. The van der Waals surface area contributed by atoms with Crippen molar-refractivity contribution in [3.05, 3.63) is 65.2 Å². The first-order valence-electron chi connectivity index (χ1n) is 10.4. The smallest absolute Gasteiger partial charge is 0.193 e. The van der Waals surface area contributed by atoms with Crippen LogP contribution in [0.4, 0.5) is 0 Å². The van der Waals surface area contributed by atoms with Crippen molar-refractivity contribution in [3.8, 4) is 5.75 Å². The van der Waals surface area contributed by atoms with Crippen LogP contribution in [-0.4, -0.2) is 18.7 Å². The quantitative estimate of drug-likeness (QED) is 0.665. The summed E-state index contributed by atoms with van der Waals surface area (Å²) in [5.74, 6) is 2.78. The Hall–Kier alpha value is -2.42. The maximum atomic E-state index is 13.9. The van der Waals surface area contributed by atoms with Crippen LogP contribution in [0.15, 0.2) is 48.5 Å². The summed E-state index contributed by atoms with van der Waals surface area (Å²) in [5, 5.41) is 0. The maximum absolute atomic E-state index is 13.9. The molecule has 0 heterocycles. The summed E-state index contributed by atoms with van der Waals surface area (Å²) in [6.45, 7) is 0. The largest absolute Gasteiger partial charge is 0.497 e. The van der Waals surface area contributed by atoms with Gasteiger partial charge in [0.05, 0.1) is 7.11 Å². The van der Waals surface area contributed by atoms with Crippen LogP contribution in [-0.2, 0) is 0 Å². The molecule has 0 N–H and O–H groups in total. The van der Waals surface area contributed by atoms with Crippen LogP contribution in [0.2, 0.25) is 0 Å². The first kappa shape index (κ1) is 17.7. The molecule has 0 aromatic heterocycles. The molecule has 3 nitrogen and oxygen atoms in total. The number of ketones is 2. The normalized spacial score (nSPS) is 30.2. The summed E-state index contributed by atoms with van der Waals surface area (Å²) < 4.78 is 5.36. The molecule has 0 amide bonds. The van der Waals surface area contributed by atoms with E-state index in [1.165, 1.54) is 19.3 Å². The van der Waals surface area contributed by atoms with Crippen LogP contribution in [0.3, 0.4) is 0 Å². The zero-order valence-electron chi connectivity index (χ0n) is 16.3. The van der Waals surface area contributed by atoms with Crippen molar-refractivity contribution in [2.75, 3.05) is 7.11 Å². The fourth-order valence-electron chi connectivity index (χ4n) is 6.46. The molecule has 0 aliphatic heterocycles.